The first kappa shape index (κ1) is 27.7. The van der Waals surface area contributed by atoms with Crippen LogP contribution in [0.4, 0.5) is 8.78 Å². The van der Waals surface area contributed by atoms with E-state index in [-0.39, 0.29) is 45.4 Å². The minimum Gasteiger partial charge on any atom is -0.478 e. The van der Waals surface area contributed by atoms with Gasteiger partial charge in [-0.25, -0.2) is 13.6 Å². The standard InChI is InChI=1S/C27H22ClF2N3O2S.Na/c1-2-3-4-5-13-32-15-17(14-31-32)33-24(16-9-10-16)26(19-11-12-20(28)23(30)25(19)33)36-21-8-6-7-18(22(21)29)27(34)35;/h1,6-8,11-12,14-16H,3-5,9-10,13H2,(H,34,35);. The van der Waals surface area contributed by atoms with E-state index >= 15 is 8.78 Å². The zero-order valence-electron chi connectivity index (χ0n) is 20.2. The Balaban J connectivity index is 0.00000320. The van der Waals surface area contributed by atoms with Crippen LogP contribution in [-0.4, -0.2) is 55.0 Å². The Bertz CT molecular complexity index is 1520. The summed E-state index contributed by atoms with van der Waals surface area (Å²) >= 11 is 7.30. The SMILES string of the molecule is C#CCCCCn1cc(-n2c(C3CC3)c(Sc3cccc(C(=O)O)c3F)c3ccc(Cl)c(F)c32)cn1.[Na]. The van der Waals surface area contributed by atoms with Gasteiger partial charge in [-0.2, -0.15) is 5.10 Å². The molecule has 4 aromatic rings. The van der Waals surface area contributed by atoms with Crippen LogP contribution >= 0.6 is 23.4 Å². The molecule has 1 N–H and O–H groups in total. The predicted molar refractivity (Wildman–Crippen MR) is 142 cm³/mol. The number of unbranched alkanes of at least 4 members (excludes halogenated alkanes) is 2. The summed E-state index contributed by atoms with van der Waals surface area (Å²) in [4.78, 5) is 12.3. The van der Waals surface area contributed by atoms with E-state index in [1.54, 1.807) is 16.9 Å². The summed E-state index contributed by atoms with van der Waals surface area (Å²) in [7, 11) is 0. The van der Waals surface area contributed by atoms with Crippen molar-refractivity contribution in [1.29, 1.82) is 0 Å². The molecule has 10 heteroatoms. The zero-order valence-corrected chi connectivity index (χ0v) is 23.8. The van der Waals surface area contributed by atoms with Crippen LogP contribution in [-0.2, 0) is 6.54 Å². The summed E-state index contributed by atoms with van der Waals surface area (Å²) in [5.41, 5.74) is 1.43. The van der Waals surface area contributed by atoms with Crippen LogP contribution in [0.5, 0.6) is 0 Å². The van der Waals surface area contributed by atoms with Gasteiger partial charge in [-0.15, -0.1) is 12.3 Å². The van der Waals surface area contributed by atoms with Crippen molar-refractivity contribution in [2.45, 2.75) is 54.4 Å². The normalized spacial score (nSPS) is 12.9. The number of terminal acetylenes is 1. The van der Waals surface area contributed by atoms with Crippen LogP contribution in [0.25, 0.3) is 16.6 Å². The molecule has 1 saturated carbocycles. The van der Waals surface area contributed by atoms with Gasteiger partial charge in [0, 0.05) is 75.5 Å². The van der Waals surface area contributed by atoms with Gasteiger partial charge in [-0.05, 0) is 49.9 Å². The number of nitrogens with zero attached hydrogens (tertiary/aromatic N) is 3. The largest absolute Gasteiger partial charge is 0.478 e. The number of aromatic nitrogens is 3. The molecule has 0 aliphatic heterocycles. The molecule has 2 aromatic heterocycles. The first-order valence-corrected chi connectivity index (χ1v) is 12.8. The Kier molecular flexibility index (Phi) is 8.72. The van der Waals surface area contributed by atoms with E-state index < -0.39 is 23.2 Å². The molecule has 0 bridgehead atoms. The second-order valence-corrected chi connectivity index (χ2v) is 10.2. The number of carboxylic acid groups (broad SMARTS) is 1. The third-order valence-electron chi connectivity index (χ3n) is 6.22. The van der Waals surface area contributed by atoms with Crippen molar-refractivity contribution in [3.8, 4) is 18.0 Å². The molecule has 1 aliphatic carbocycles. The third-order valence-corrected chi connectivity index (χ3v) is 7.68. The Hall–Kier alpha value is -2.28. The van der Waals surface area contributed by atoms with Crippen molar-refractivity contribution < 1.29 is 18.7 Å². The number of rotatable bonds is 9. The van der Waals surface area contributed by atoms with E-state index in [4.69, 9.17) is 18.0 Å². The van der Waals surface area contributed by atoms with Crippen LogP contribution in [0.3, 0.4) is 0 Å². The average molecular weight is 549 g/mol. The summed E-state index contributed by atoms with van der Waals surface area (Å²) in [6.07, 6.45) is 13.2. The van der Waals surface area contributed by atoms with Gasteiger partial charge in [0.05, 0.1) is 28.0 Å². The molecule has 0 unspecified atom stereocenters. The minimum atomic E-state index is -1.34. The van der Waals surface area contributed by atoms with E-state index in [0.29, 0.717) is 34.5 Å². The van der Waals surface area contributed by atoms with Gasteiger partial charge in [0.1, 0.15) is 0 Å². The van der Waals surface area contributed by atoms with Crippen LogP contribution in [0, 0.1) is 24.0 Å². The number of benzene rings is 2. The van der Waals surface area contributed by atoms with Crippen LogP contribution < -0.4 is 0 Å². The van der Waals surface area contributed by atoms with Gasteiger partial charge in [-0.1, -0.05) is 29.4 Å². The Morgan fingerprint density at radius 1 is 1.22 bits per heavy atom. The van der Waals surface area contributed by atoms with Crippen molar-refractivity contribution in [3.05, 3.63) is 70.6 Å². The van der Waals surface area contributed by atoms with Gasteiger partial charge in [0.25, 0.3) is 0 Å². The first-order chi connectivity index (χ1) is 17.4. The van der Waals surface area contributed by atoms with Gasteiger partial charge in [0.15, 0.2) is 11.6 Å². The summed E-state index contributed by atoms with van der Waals surface area (Å²) < 4.78 is 34.3. The second-order valence-electron chi connectivity index (χ2n) is 8.73. The van der Waals surface area contributed by atoms with Crippen molar-refractivity contribution in [2.24, 2.45) is 0 Å². The quantitative estimate of drug-likeness (QED) is 0.140. The molecule has 1 fully saturated rings. The summed E-state index contributed by atoms with van der Waals surface area (Å²) in [5.74, 6) is 0.0667. The number of aryl methyl sites for hydroxylation is 1. The van der Waals surface area contributed by atoms with Gasteiger partial charge < -0.3 is 9.67 Å². The molecule has 0 amide bonds. The van der Waals surface area contributed by atoms with Crippen LogP contribution in [0.1, 0.15) is 54.1 Å². The van der Waals surface area contributed by atoms with Crippen molar-refractivity contribution >= 4 is 69.8 Å². The smallest absolute Gasteiger partial charge is 0.338 e. The second kappa shape index (κ2) is 11.6. The molecule has 5 rings (SSSR count). The van der Waals surface area contributed by atoms with E-state index in [1.165, 1.54) is 24.3 Å². The molecular weight excluding hydrogens is 527 g/mol. The molecule has 0 spiro atoms. The predicted octanol–water partition coefficient (Wildman–Crippen LogP) is 6.91. The maximum atomic E-state index is 15.5. The molecular formula is C27H22ClF2N3NaO2S. The van der Waals surface area contributed by atoms with Crippen LogP contribution in [0.2, 0.25) is 5.02 Å². The molecule has 2 aromatic carbocycles. The number of carbonyl (C=O) groups is 1. The number of halogens is 3. The van der Waals surface area contributed by atoms with Crippen molar-refractivity contribution in [2.75, 3.05) is 0 Å². The van der Waals surface area contributed by atoms with E-state index in [0.717, 1.165) is 43.1 Å². The molecule has 2 heterocycles. The third kappa shape index (κ3) is 5.47. The van der Waals surface area contributed by atoms with Crippen molar-refractivity contribution in [1.82, 2.24) is 14.3 Å². The molecule has 1 radical (unpaired) electrons. The fourth-order valence-electron chi connectivity index (χ4n) is 4.36. The Labute approximate surface area is 244 Å². The monoisotopic (exact) mass is 548 g/mol. The molecule has 0 saturated heterocycles. The Morgan fingerprint density at radius 2 is 2.00 bits per heavy atom. The molecule has 185 valence electrons. The van der Waals surface area contributed by atoms with Gasteiger partial charge in [0.2, 0.25) is 0 Å². The first-order valence-electron chi connectivity index (χ1n) is 11.6. The van der Waals surface area contributed by atoms with Gasteiger partial charge in [-0.3, -0.25) is 4.68 Å². The zero-order chi connectivity index (χ0) is 25.4. The van der Waals surface area contributed by atoms with E-state index in [1.807, 2.05) is 10.8 Å². The number of hydrogen-bond acceptors (Lipinski definition) is 3. The fraction of sp³-hybridized carbons (Fsp3) is 0.259. The van der Waals surface area contributed by atoms with E-state index in [9.17, 15) is 9.90 Å². The van der Waals surface area contributed by atoms with E-state index in [2.05, 4.69) is 11.0 Å². The Morgan fingerprint density at radius 3 is 2.70 bits per heavy atom. The van der Waals surface area contributed by atoms with Crippen LogP contribution in [0.15, 0.2) is 52.5 Å². The number of aromatic carboxylic acids is 1. The number of fused-ring (bicyclic) bond motifs is 1. The molecule has 0 atom stereocenters. The topological polar surface area (TPSA) is 60.0 Å². The van der Waals surface area contributed by atoms with Gasteiger partial charge >= 0.3 is 5.97 Å². The molecule has 5 nitrogen and oxygen atoms in total. The summed E-state index contributed by atoms with van der Waals surface area (Å²) in [5, 5.41) is 14.4. The molecule has 1 aliphatic rings. The number of hydrogen-bond donors (Lipinski definition) is 1. The molecule has 37 heavy (non-hydrogen) atoms. The minimum absolute atomic E-state index is 0. The maximum Gasteiger partial charge on any atom is 0.338 e. The van der Waals surface area contributed by atoms with Crippen molar-refractivity contribution in [3.63, 3.8) is 0 Å². The summed E-state index contributed by atoms with van der Waals surface area (Å²) in [6, 6.07) is 7.49. The number of carboxylic acids is 1. The fourth-order valence-corrected chi connectivity index (χ4v) is 5.71. The maximum absolute atomic E-state index is 15.5. The average Bonchev–Trinajstić information content (AvgIpc) is 3.50. The summed E-state index contributed by atoms with van der Waals surface area (Å²) in [6.45, 7) is 0.678.